The summed E-state index contributed by atoms with van der Waals surface area (Å²) >= 11 is 0. The van der Waals surface area contributed by atoms with Gasteiger partial charge in [0, 0.05) is 17.8 Å². The summed E-state index contributed by atoms with van der Waals surface area (Å²) in [4.78, 5) is 15.4. The van der Waals surface area contributed by atoms with Crippen LogP contribution in [0.3, 0.4) is 0 Å². The van der Waals surface area contributed by atoms with Gasteiger partial charge in [-0.25, -0.2) is 12.8 Å². The van der Waals surface area contributed by atoms with E-state index in [9.17, 15) is 17.6 Å². The molecule has 1 amide bonds. The average Bonchev–Trinajstić information content (AvgIpc) is 3.36. The monoisotopic (exact) mass is 481 g/mol. The van der Waals surface area contributed by atoms with Gasteiger partial charge in [0.25, 0.3) is 15.9 Å². The summed E-state index contributed by atoms with van der Waals surface area (Å²) < 4.78 is 41.3. The van der Waals surface area contributed by atoms with Crippen molar-refractivity contribution in [3.05, 3.63) is 95.3 Å². The van der Waals surface area contributed by atoms with Crippen LogP contribution >= 0.6 is 0 Å². The van der Waals surface area contributed by atoms with Gasteiger partial charge in [0.05, 0.1) is 10.9 Å². The zero-order chi connectivity index (χ0) is 24.1. The molecule has 3 aromatic rings. The van der Waals surface area contributed by atoms with E-state index in [0.29, 0.717) is 17.7 Å². The number of aryl methyl sites for hydroxylation is 1. The van der Waals surface area contributed by atoms with Gasteiger partial charge in [0.2, 0.25) is 0 Å². The molecule has 0 aromatic heterocycles. The Morgan fingerprint density at radius 2 is 1.68 bits per heavy atom. The molecule has 0 saturated carbocycles. The fourth-order valence-corrected chi connectivity index (χ4v) is 5.30. The van der Waals surface area contributed by atoms with Crippen molar-refractivity contribution < 1.29 is 17.6 Å². The molecule has 8 heteroatoms. The molecule has 0 bridgehead atoms. The fourth-order valence-electron chi connectivity index (χ4n) is 4.22. The first-order valence-electron chi connectivity index (χ1n) is 11.3. The molecule has 1 aliphatic heterocycles. The molecule has 34 heavy (non-hydrogen) atoms. The molecule has 1 aliphatic rings. The van der Waals surface area contributed by atoms with E-state index in [1.54, 1.807) is 13.0 Å². The Bertz CT molecular complexity index is 1240. The maximum Gasteiger partial charge on any atom is 0.261 e. The van der Waals surface area contributed by atoms with Crippen molar-refractivity contribution in [3.8, 4) is 0 Å². The summed E-state index contributed by atoms with van der Waals surface area (Å²) in [5.41, 5.74) is 2.36. The van der Waals surface area contributed by atoms with E-state index in [-0.39, 0.29) is 22.5 Å². The first-order valence-corrected chi connectivity index (χ1v) is 12.8. The number of sulfonamides is 1. The zero-order valence-corrected chi connectivity index (χ0v) is 19.8. The van der Waals surface area contributed by atoms with Crippen LogP contribution in [0.15, 0.2) is 77.7 Å². The number of anilines is 1. The number of carbonyl (C=O) groups is 1. The van der Waals surface area contributed by atoms with Crippen molar-refractivity contribution in [1.82, 2.24) is 10.2 Å². The Balaban J connectivity index is 1.51. The topological polar surface area (TPSA) is 78.5 Å². The highest BCUT2D eigenvalue weighted by molar-refractivity contribution is 7.92. The van der Waals surface area contributed by atoms with Crippen LogP contribution in [0.1, 0.15) is 40.4 Å². The number of halogens is 1. The molecule has 0 radical (unpaired) electrons. The predicted octanol–water partition coefficient (Wildman–Crippen LogP) is 4.50. The van der Waals surface area contributed by atoms with E-state index in [1.807, 2.05) is 18.2 Å². The molecular weight excluding hydrogens is 453 g/mol. The Morgan fingerprint density at radius 3 is 2.35 bits per heavy atom. The lowest BCUT2D eigenvalue weighted by Gasteiger charge is -2.28. The molecule has 1 saturated heterocycles. The average molecular weight is 482 g/mol. The maximum atomic E-state index is 13.1. The number of amides is 1. The predicted molar refractivity (Wildman–Crippen MR) is 131 cm³/mol. The summed E-state index contributed by atoms with van der Waals surface area (Å²) in [7, 11) is -3.95. The third kappa shape index (κ3) is 5.63. The van der Waals surface area contributed by atoms with E-state index in [2.05, 4.69) is 27.1 Å². The fraction of sp³-hybridized carbons (Fsp3) is 0.269. The van der Waals surface area contributed by atoms with Gasteiger partial charge in [0.1, 0.15) is 5.82 Å². The summed E-state index contributed by atoms with van der Waals surface area (Å²) in [5, 5.41) is 3.01. The normalized spacial score (nSPS) is 15.1. The molecule has 178 valence electrons. The smallest absolute Gasteiger partial charge is 0.261 e. The quantitative estimate of drug-likeness (QED) is 0.497. The van der Waals surface area contributed by atoms with Crippen LogP contribution < -0.4 is 10.0 Å². The number of nitrogens with one attached hydrogen (secondary N) is 2. The first kappa shape index (κ1) is 23.9. The number of hydrogen-bond acceptors (Lipinski definition) is 4. The Hall–Kier alpha value is -3.23. The van der Waals surface area contributed by atoms with Crippen LogP contribution in [-0.4, -0.2) is 38.9 Å². The molecule has 0 spiro atoms. The lowest BCUT2D eigenvalue weighted by atomic mass is 10.0. The van der Waals surface area contributed by atoms with E-state index in [1.165, 1.54) is 36.4 Å². The first-order chi connectivity index (χ1) is 16.3. The number of rotatable bonds is 8. The van der Waals surface area contributed by atoms with Crippen molar-refractivity contribution >= 4 is 21.6 Å². The largest absolute Gasteiger partial charge is 0.350 e. The van der Waals surface area contributed by atoms with E-state index in [4.69, 9.17) is 0 Å². The molecule has 1 unspecified atom stereocenters. The Labute approximate surface area is 199 Å². The van der Waals surface area contributed by atoms with Gasteiger partial charge in [-0.15, -0.1) is 0 Å². The molecule has 0 aliphatic carbocycles. The molecule has 1 fully saturated rings. The van der Waals surface area contributed by atoms with Crippen LogP contribution in [-0.2, 0) is 10.0 Å². The van der Waals surface area contributed by atoms with Crippen molar-refractivity contribution in [2.24, 2.45) is 0 Å². The second-order valence-electron chi connectivity index (χ2n) is 8.47. The summed E-state index contributed by atoms with van der Waals surface area (Å²) in [6.45, 7) is 4.16. The number of likely N-dealkylation sites (tertiary alicyclic amines) is 1. The van der Waals surface area contributed by atoms with Crippen LogP contribution in [0.5, 0.6) is 0 Å². The van der Waals surface area contributed by atoms with Crippen LogP contribution in [0.2, 0.25) is 0 Å². The van der Waals surface area contributed by atoms with Gasteiger partial charge in [-0.1, -0.05) is 36.4 Å². The molecule has 4 rings (SSSR count). The van der Waals surface area contributed by atoms with Crippen LogP contribution in [0, 0.1) is 12.7 Å². The van der Waals surface area contributed by atoms with E-state index < -0.39 is 15.8 Å². The summed E-state index contributed by atoms with van der Waals surface area (Å²) in [6.07, 6.45) is 2.27. The maximum absolute atomic E-state index is 13.1. The molecule has 6 nitrogen and oxygen atoms in total. The number of benzene rings is 3. The molecule has 3 aromatic carbocycles. The lowest BCUT2D eigenvalue weighted by molar-refractivity contribution is 0.0937. The Kier molecular flexibility index (Phi) is 7.29. The SMILES string of the molecule is Cc1ccc(S(=O)(=O)Nc2ccc(F)cc2)cc1C(=O)NCC(c1ccccc1)N1CCCC1. The standard InChI is InChI=1S/C26H28FN3O3S/c1-19-9-14-23(34(32,33)29-22-12-10-21(27)11-13-22)17-24(19)26(31)28-18-25(30-15-5-6-16-30)20-7-3-2-4-8-20/h2-4,7-14,17,25,29H,5-6,15-16,18H2,1H3,(H,28,31). The second-order valence-corrected chi connectivity index (χ2v) is 10.2. The van der Waals surface area contributed by atoms with Gasteiger partial charge in [-0.2, -0.15) is 0 Å². The number of nitrogens with zero attached hydrogens (tertiary/aromatic N) is 1. The minimum atomic E-state index is -3.95. The van der Waals surface area contributed by atoms with Gasteiger partial charge in [-0.05, 0) is 80.4 Å². The Morgan fingerprint density at radius 1 is 1.00 bits per heavy atom. The second kappa shape index (κ2) is 10.4. The molecule has 1 atom stereocenters. The number of hydrogen-bond donors (Lipinski definition) is 2. The van der Waals surface area contributed by atoms with Gasteiger partial charge in [0.15, 0.2) is 0 Å². The van der Waals surface area contributed by atoms with Crippen molar-refractivity contribution in [1.29, 1.82) is 0 Å². The highest BCUT2D eigenvalue weighted by atomic mass is 32.2. The number of carbonyl (C=O) groups excluding carboxylic acids is 1. The third-order valence-corrected chi connectivity index (χ3v) is 7.46. The summed E-state index contributed by atoms with van der Waals surface area (Å²) in [6, 6.07) is 19.6. The van der Waals surface area contributed by atoms with Crippen LogP contribution in [0.25, 0.3) is 0 Å². The molecular formula is C26H28FN3O3S. The van der Waals surface area contributed by atoms with Gasteiger partial charge in [-0.3, -0.25) is 14.4 Å². The molecule has 2 N–H and O–H groups in total. The van der Waals surface area contributed by atoms with Gasteiger partial charge < -0.3 is 5.32 Å². The minimum Gasteiger partial charge on any atom is -0.350 e. The van der Waals surface area contributed by atoms with Crippen molar-refractivity contribution in [2.75, 3.05) is 24.4 Å². The van der Waals surface area contributed by atoms with Crippen molar-refractivity contribution in [3.63, 3.8) is 0 Å². The van der Waals surface area contributed by atoms with E-state index >= 15 is 0 Å². The summed E-state index contributed by atoms with van der Waals surface area (Å²) in [5.74, 6) is -0.781. The van der Waals surface area contributed by atoms with E-state index in [0.717, 1.165) is 31.5 Å². The lowest BCUT2D eigenvalue weighted by Crippen LogP contribution is -2.37. The van der Waals surface area contributed by atoms with Gasteiger partial charge >= 0.3 is 0 Å². The van der Waals surface area contributed by atoms with Crippen LogP contribution in [0.4, 0.5) is 10.1 Å². The minimum absolute atomic E-state index is 0.0354. The highest BCUT2D eigenvalue weighted by Gasteiger charge is 2.25. The third-order valence-electron chi connectivity index (χ3n) is 6.08. The highest BCUT2D eigenvalue weighted by Crippen LogP contribution is 2.25. The zero-order valence-electron chi connectivity index (χ0n) is 19.0. The molecule has 1 heterocycles. The van der Waals surface area contributed by atoms with Crippen molar-refractivity contribution in [2.45, 2.75) is 30.7 Å².